The Morgan fingerprint density at radius 2 is 1.52 bits per heavy atom. The van der Waals surface area contributed by atoms with Crippen molar-refractivity contribution in [3.63, 3.8) is 0 Å². The minimum absolute atomic E-state index is 0.265. The second kappa shape index (κ2) is 7.91. The number of hydrogen-bond donors (Lipinski definition) is 3. The smallest absolute Gasteiger partial charge is 0.270 e. The fourth-order valence-electron chi connectivity index (χ4n) is 2.32. The van der Waals surface area contributed by atoms with Crippen molar-refractivity contribution in [1.29, 1.82) is 0 Å². The van der Waals surface area contributed by atoms with Crippen molar-refractivity contribution < 1.29 is 14.4 Å². The van der Waals surface area contributed by atoms with E-state index in [1.165, 1.54) is 24.3 Å². The summed E-state index contributed by atoms with van der Waals surface area (Å²) in [6, 6.07) is 13.1. The molecular formula is C18H16N6O3. The summed E-state index contributed by atoms with van der Waals surface area (Å²) in [5.74, 6) is -0.983. The van der Waals surface area contributed by atoms with Crippen molar-refractivity contribution in [2.75, 3.05) is 16.1 Å². The molecule has 2 aromatic carbocycles. The molecule has 0 fully saturated rings. The van der Waals surface area contributed by atoms with Crippen LogP contribution >= 0.6 is 0 Å². The Hall–Kier alpha value is -4.01. The number of amides is 3. The summed E-state index contributed by atoms with van der Waals surface area (Å²) < 4.78 is 1.33. The van der Waals surface area contributed by atoms with Gasteiger partial charge in [-0.3, -0.25) is 19.8 Å². The zero-order valence-electron chi connectivity index (χ0n) is 14.3. The maximum atomic E-state index is 12.5. The molecule has 0 aliphatic heterocycles. The van der Waals surface area contributed by atoms with Crippen molar-refractivity contribution >= 4 is 29.1 Å². The van der Waals surface area contributed by atoms with E-state index < -0.39 is 0 Å². The lowest BCUT2D eigenvalue weighted by Gasteiger charge is -2.11. The molecule has 0 radical (unpaired) electrons. The third-order valence-electron chi connectivity index (χ3n) is 3.54. The van der Waals surface area contributed by atoms with Crippen LogP contribution in [0.3, 0.4) is 0 Å². The van der Waals surface area contributed by atoms with Crippen molar-refractivity contribution in [2.24, 2.45) is 0 Å². The van der Waals surface area contributed by atoms with Crippen LogP contribution in [-0.4, -0.2) is 32.6 Å². The van der Waals surface area contributed by atoms with Crippen LogP contribution < -0.4 is 16.1 Å². The molecule has 0 spiro atoms. The van der Waals surface area contributed by atoms with Gasteiger partial charge in [0, 0.05) is 18.2 Å². The van der Waals surface area contributed by atoms with Gasteiger partial charge in [-0.05, 0) is 36.4 Å². The topological polar surface area (TPSA) is 118 Å². The lowest BCUT2D eigenvalue weighted by Crippen LogP contribution is -2.21. The quantitative estimate of drug-likeness (QED) is 0.639. The highest BCUT2D eigenvalue weighted by molar-refractivity contribution is 6.10. The lowest BCUT2D eigenvalue weighted by molar-refractivity contribution is -0.114. The van der Waals surface area contributed by atoms with E-state index in [0.717, 1.165) is 0 Å². The predicted molar refractivity (Wildman–Crippen MR) is 98.9 cm³/mol. The standard InChI is InChI=1S/C18H16N6O3/c1-12(25)21-16-5-3-2-4-15(16)18(27)22-14-8-6-13(7-9-14)17(26)23-24-10-19-20-11-24/h2-11H,1H3,(H,21,25)(H,22,27)(H,23,26). The molecule has 3 rings (SSSR count). The minimum Gasteiger partial charge on any atom is -0.326 e. The van der Waals surface area contributed by atoms with Gasteiger partial charge in [-0.2, -0.15) is 0 Å². The van der Waals surface area contributed by atoms with Gasteiger partial charge in [-0.15, -0.1) is 10.2 Å². The van der Waals surface area contributed by atoms with E-state index in [1.54, 1.807) is 48.5 Å². The summed E-state index contributed by atoms with van der Waals surface area (Å²) in [5.41, 5.74) is 4.25. The largest absolute Gasteiger partial charge is 0.326 e. The molecule has 3 aromatic rings. The van der Waals surface area contributed by atoms with E-state index in [2.05, 4.69) is 26.3 Å². The van der Waals surface area contributed by atoms with Gasteiger partial charge in [0.15, 0.2) is 0 Å². The Morgan fingerprint density at radius 3 is 2.19 bits per heavy atom. The molecule has 0 unspecified atom stereocenters. The van der Waals surface area contributed by atoms with Crippen LogP contribution in [0, 0.1) is 0 Å². The first-order valence-corrected chi connectivity index (χ1v) is 7.97. The van der Waals surface area contributed by atoms with Crippen LogP contribution in [0.1, 0.15) is 27.6 Å². The first-order valence-electron chi connectivity index (χ1n) is 7.97. The molecule has 27 heavy (non-hydrogen) atoms. The molecule has 3 amide bonds. The normalized spacial score (nSPS) is 10.1. The Morgan fingerprint density at radius 1 is 0.852 bits per heavy atom. The monoisotopic (exact) mass is 364 g/mol. The van der Waals surface area contributed by atoms with E-state index in [-0.39, 0.29) is 17.7 Å². The van der Waals surface area contributed by atoms with Crippen LogP contribution in [-0.2, 0) is 4.79 Å². The third-order valence-corrected chi connectivity index (χ3v) is 3.54. The highest BCUT2D eigenvalue weighted by Crippen LogP contribution is 2.18. The molecule has 0 bridgehead atoms. The average molecular weight is 364 g/mol. The molecule has 136 valence electrons. The molecule has 1 aromatic heterocycles. The van der Waals surface area contributed by atoms with Crippen LogP contribution in [0.15, 0.2) is 61.2 Å². The van der Waals surface area contributed by atoms with Crippen molar-refractivity contribution in [1.82, 2.24) is 14.9 Å². The molecule has 9 nitrogen and oxygen atoms in total. The fraction of sp³-hybridized carbons (Fsp3) is 0.0556. The van der Waals surface area contributed by atoms with Gasteiger partial charge in [0.25, 0.3) is 11.8 Å². The third kappa shape index (κ3) is 4.54. The molecule has 0 aliphatic carbocycles. The van der Waals surface area contributed by atoms with Crippen LogP contribution in [0.2, 0.25) is 0 Å². The van der Waals surface area contributed by atoms with Gasteiger partial charge < -0.3 is 10.6 Å². The molecule has 0 aliphatic rings. The SMILES string of the molecule is CC(=O)Nc1ccccc1C(=O)Nc1ccc(C(=O)Nn2cnnc2)cc1. The van der Waals surface area contributed by atoms with Crippen LogP contribution in [0.4, 0.5) is 11.4 Å². The maximum absolute atomic E-state index is 12.5. The molecule has 0 saturated carbocycles. The number of para-hydroxylation sites is 1. The Kier molecular flexibility index (Phi) is 5.22. The van der Waals surface area contributed by atoms with E-state index in [4.69, 9.17) is 0 Å². The molecule has 0 saturated heterocycles. The molecular weight excluding hydrogens is 348 g/mol. The maximum Gasteiger partial charge on any atom is 0.270 e. The number of carbonyl (C=O) groups is 3. The van der Waals surface area contributed by atoms with Gasteiger partial charge >= 0.3 is 0 Å². The van der Waals surface area contributed by atoms with Crippen molar-refractivity contribution in [3.8, 4) is 0 Å². The van der Waals surface area contributed by atoms with Gasteiger partial charge in [0.1, 0.15) is 12.7 Å². The highest BCUT2D eigenvalue weighted by Gasteiger charge is 2.13. The minimum atomic E-state index is -0.374. The number of carbonyl (C=O) groups excluding carboxylic acids is 3. The van der Waals surface area contributed by atoms with Gasteiger partial charge in [-0.25, -0.2) is 4.68 Å². The zero-order chi connectivity index (χ0) is 19.2. The van der Waals surface area contributed by atoms with E-state index in [0.29, 0.717) is 22.5 Å². The van der Waals surface area contributed by atoms with E-state index >= 15 is 0 Å². The number of rotatable bonds is 5. The number of aromatic nitrogens is 3. The summed E-state index contributed by atoms with van der Waals surface area (Å²) in [4.78, 5) is 35.9. The average Bonchev–Trinajstić information content (AvgIpc) is 3.15. The van der Waals surface area contributed by atoms with Crippen LogP contribution in [0.5, 0.6) is 0 Å². The first-order chi connectivity index (χ1) is 13.0. The van der Waals surface area contributed by atoms with Crippen molar-refractivity contribution in [3.05, 3.63) is 72.3 Å². The Labute approximate surface area is 154 Å². The van der Waals surface area contributed by atoms with E-state index in [1.807, 2.05) is 0 Å². The number of nitrogens with zero attached hydrogens (tertiary/aromatic N) is 3. The van der Waals surface area contributed by atoms with Gasteiger partial charge in [0.2, 0.25) is 5.91 Å². The highest BCUT2D eigenvalue weighted by atomic mass is 16.2. The van der Waals surface area contributed by atoms with Gasteiger partial charge in [-0.1, -0.05) is 12.1 Å². The molecule has 9 heteroatoms. The number of nitrogens with one attached hydrogen (secondary N) is 3. The zero-order valence-corrected chi connectivity index (χ0v) is 14.3. The summed E-state index contributed by atoms with van der Waals surface area (Å²) in [5, 5.41) is 12.5. The predicted octanol–water partition coefficient (Wildman–Crippen LogP) is 1.87. The molecule has 1 heterocycles. The molecule has 0 atom stereocenters. The number of anilines is 2. The van der Waals surface area contributed by atoms with Gasteiger partial charge in [0.05, 0.1) is 11.3 Å². The Bertz CT molecular complexity index is 967. The lowest BCUT2D eigenvalue weighted by atomic mass is 10.1. The van der Waals surface area contributed by atoms with Crippen molar-refractivity contribution in [2.45, 2.75) is 6.92 Å². The first kappa shape index (κ1) is 17.8. The van der Waals surface area contributed by atoms with Crippen LogP contribution in [0.25, 0.3) is 0 Å². The number of hydrogen-bond acceptors (Lipinski definition) is 5. The summed E-state index contributed by atoms with van der Waals surface area (Å²) in [7, 11) is 0. The second-order valence-electron chi connectivity index (χ2n) is 5.57. The summed E-state index contributed by atoms with van der Waals surface area (Å²) in [6.07, 6.45) is 2.72. The van der Waals surface area contributed by atoms with E-state index in [9.17, 15) is 14.4 Å². The Balaban J connectivity index is 1.69. The second-order valence-corrected chi connectivity index (χ2v) is 5.57. The summed E-state index contributed by atoms with van der Waals surface area (Å²) in [6.45, 7) is 1.37. The summed E-state index contributed by atoms with van der Waals surface area (Å²) >= 11 is 0. The number of benzene rings is 2. The molecule has 3 N–H and O–H groups in total. The fourth-order valence-corrected chi connectivity index (χ4v) is 2.32.